The van der Waals surface area contributed by atoms with E-state index in [1.54, 1.807) is 23.0 Å². The van der Waals surface area contributed by atoms with E-state index in [1.165, 1.54) is 6.08 Å². The number of nitrogens with zero attached hydrogens (tertiary/aromatic N) is 3. The van der Waals surface area contributed by atoms with Crippen LogP contribution in [0.25, 0.3) is 6.08 Å². The molecule has 18 heavy (non-hydrogen) atoms. The molecule has 2 N–H and O–H groups in total. The van der Waals surface area contributed by atoms with Gasteiger partial charge in [-0.25, -0.2) is 0 Å². The number of rotatable bonds is 3. The first-order chi connectivity index (χ1) is 8.58. The van der Waals surface area contributed by atoms with E-state index in [-0.39, 0.29) is 5.91 Å². The van der Waals surface area contributed by atoms with Crippen LogP contribution in [0.2, 0.25) is 0 Å². The van der Waals surface area contributed by atoms with Crippen LogP contribution in [0.3, 0.4) is 0 Å². The predicted molar refractivity (Wildman–Crippen MR) is 68.9 cm³/mol. The fourth-order valence-corrected chi connectivity index (χ4v) is 1.69. The molecule has 0 saturated carbocycles. The summed E-state index contributed by atoms with van der Waals surface area (Å²) in [5, 5.41) is 13.4. The van der Waals surface area contributed by atoms with Gasteiger partial charge in [0, 0.05) is 30.4 Å². The number of hydrogen-bond acceptors (Lipinski definition) is 3. The van der Waals surface area contributed by atoms with Crippen molar-refractivity contribution in [1.82, 2.24) is 20.0 Å². The van der Waals surface area contributed by atoms with Crippen LogP contribution in [0.1, 0.15) is 17.0 Å². The van der Waals surface area contributed by atoms with Gasteiger partial charge in [-0.3, -0.25) is 14.6 Å². The van der Waals surface area contributed by atoms with Crippen LogP contribution in [-0.4, -0.2) is 25.9 Å². The third-order valence-corrected chi connectivity index (χ3v) is 2.72. The molecule has 0 unspecified atom stereocenters. The molecule has 0 spiro atoms. The second kappa shape index (κ2) is 4.87. The lowest BCUT2D eigenvalue weighted by molar-refractivity contribution is -0.111. The van der Waals surface area contributed by atoms with Crippen molar-refractivity contribution < 1.29 is 4.79 Å². The standard InChI is InChI=1S/C12H15N5O/c1-8-10(9(2)17(3)16-8)4-5-12(18)14-11-6-7-13-15-11/h4-7H,1-3H3,(H2,13,14,15,18). The molecule has 6 heteroatoms. The monoisotopic (exact) mass is 245 g/mol. The summed E-state index contributed by atoms with van der Waals surface area (Å²) in [7, 11) is 1.88. The number of amides is 1. The summed E-state index contributed by atoms with van der Waals surface area (Å²) in [5.41, 5.74) is 2.90. The molecule has 2 aromatic rings. The highest BCUT2D eigenvalue weighted by atomic mass is 16.1. The lowest BCUT2D eigenvalue weighted by atomic mass is 10.2. The van der Waals surface area contributed by atoms with Gasteiger partial charge in [-0.15, -0.1) is 0 Å². The van der Waals surface area contributed by atoms with Crippen LogP contribution in [0, 0.1) is 13.8 Å². The Morgan fingerprint density at radius 3 is 2.83 bits per heavy atom. The van der Waals surface area contributed by atoms with Gasteiger partial charge in [-0.05, 0) is 19.9 Å². The molecule has 0 atom stereocenters. The molecule has 0 radical (unpaired) electrons. The van der Waals surface area contributed by atoms with E-state index in [0.717, 1.165) is 17.0 Å². The van der Waals surface area contributed by atoms with Crippen LogP contribution >= 0.6 is 0 Å². The zero-order valence-corrected chi connectivity index (χ0v) is 10.6. The Balaban J connectivity index is 2.09. The van der Waals surface area contributed by atoms with Gasteiger partial charge in [0.15, 0.2) is 0 Å². The highest BCUT2D eigenvalue weighted by Gasteiger charge is 2.06. The first kappa shape index (κ1) is 12.1. The number of H-pyrrole nitrogens is 1. The van der Waals surface area contributed by atoms with Crippen molar-refractivity contribution in [1.29, 1.82) is 0 Å². The molecule has 0 aliphatic carbocycles. The Bertz CT molecular complexity index is 580. The van der Waals surface area contributed by atoms with Gasteiger partial charge in [-0.1, -0.05) is 0 Å². The lowest BCUT2D eigenvalue weighted by Gasteiger charge is -1.97. The second-order valence-electron chi connectivity index (χ2n) is 4.00. The maximum Gasteiger partial charge on any atom is 0.249 e. The van der Waals surface area contributed by atoms with Gasteiger partial charge in [0.2, 0.25) is 5.91 Å². The van der Waals surface area contributed by atoms with Gasteiger partial charge in [-0.2, -0.15) is 10.2 Å². The molecule has 0 bridgehead atoms. The van der Waals surface area contributed by atoms with Crippen molar-refractivity contribution in [3.63, 3.8) is 0 Å². The fourth-order valence-electron chi connectivity index (χ4n) is 1.69. The Morgan fingerprint density at radius 1 is 1.50 bits per heavy atom. The van der Waals surface area contributed by atoms with E-state index in [9.17, 15) is 4.79 Å². The van der Waals surface area contributed by atoms with Crippen molar-refractivity contribution in [2.24, 2.45) is 7.05 Å². The number of hydrogen-bond donors (Lipinski definition) is 2. The Labute approximate surface area is 105 Å². The highest BCUT2D eigenvalue weighted by Crippen LogP contribution is 2.13. The van der Waals surface area contributed by atoms with E-state index in [1.807, 2.05) is 20.9 Å². The summed E-state index contributed by atoms with van der Waals surface area (Å²) in [6.07, 6.45) is 4.83. The minimum absolute atomic E-state index is 0.207. The van der Waals surface area contributed by atoms with E-state index >= 15 is 0 Å². The number of carbonyl (C=O) groups excluding carboxylic acids is 1. The first-order valence-corrected chi connectivity index (χ1v) is 5.56. The van der Waals surface area contributed by atoms with Gasteiger partial charge in [0.1, 0.15) is 5.82 Å². The van der Waals surface area contributed by atoms with Gasteiger partial charge >= 0.3 is 0 Å². The Hall–Kier alpha value is -2.37. The van der Waals surface area contributed by atoms with Gasteiger partial charge in [0.05, 0.1) is 11.9 Å². The van der Waals surface area contributed by atoms with Crippen LogP contribution in [0.5, 0.6) is 0 Å². The third kappa shape index (κ3) is 2.48. The van der Waals surface area contributed by atoms with Gasteiger partial charge in [0.25, 0.3) is 0 Å². The summed E-state index contributed by atoms with van der Waals surface area (Å²) in [4.78, 5) is 11.6. The molecule has 2 heterocycles. The molecule has 94 valence electrons. The Morgan fingerprint density at radius 2 is 2.28 bits per heavy atom. The van der Waals surface area contributed by atoms with Crippen LogP contribution in [0.15, 0.2) is 18.3 Å². The fraction of sp³-hybridized carbons (Fsp3) is 0.250. The molecular formula is C12H15N5O. The summed E-state index contributed by atoms with van der Waals surface area (Å²) in [6, 6.07) is 1.69. The maximum absolute atomic E-state index is 11.6. The number of aryl methyl sites for hydroxylation is 2. The quantitative estimate of drug-likeness (QED) is 0.803. The average Bonchev–Trinajstić information content (AvgIpc) is 2.88. The highest BCUT2D eigenvalue weighted by molar-refractivity contribution is 6.01. The van der Waals surface area contributed by atoms with Crippen LogP contribution < -0.4 is 5.32 Å². The molecule has 2 aromatic heterocycles. The summed E-state index contributed by atoms with van der Waals surface area (Å²) in [6.45, 7) is 3.88. The molecule has 0 aliphatic rings. The molecule has 0 saturated heterocycles. The van der Waals surface area contributed by atoms with Crippen molar-refractivity contribution in [3.8, 4) is 0 Å². The number of carbonyl (C=O) groups is 1. The molecule has 1 amide bonds. The molecule has 0 fully saturated rings. The molecule has 2 rings (SSSR count). The Kier molecular flexibility index (Phi) is 3.27. The van der Waals surface area contributed by atoms with Crippen molar-refractivity contribution in [2.75, 3.05) is 5.32 Å². The van der Waals surface area contributed by atoms with Crippen molar-refractivity contribution >= 4 is 17.8 Å². The number of nitrogens with one attached hydrogen (secondary N) is 2. The van der Waals surface area contributed by atoms with Crippen molar-refractivity contribution in [2.45, 2.75) is 13.8 Å². The minimum atomic E-state index is -0.207. The number of aromatic nitrogens is 4. The smallest absolute Gasteiger partial charge is 0.249 e. The minimum Gasteiger partial charge on any atom is -0.307 e. The van der Waals surface area contributed by atoms with Crippen LogP contribution in [-0.2, 0) is 11.8 Å². The zero-order valence-electron chi connectivity index (χ0n) is 10.6. The normalized spacial score (nSPS) is 11.1. The first-order valence-electron chi connectivity index (χ1n) is 5.56. The number of aromatic amines is 1. The largest absolute Gasteiger partial charge is 0.307 e. The SMILES string of the molecule is Cc1nn(C)c(C)c1C=CC(=O)Nc1ccn[nH]1. The van der Waals surface area contributed by atoms with Crippen molar-refractivity contribution in [3.05, 3.63) is 35.3 Å². The molecule has 6 nitrogen and oxygen atoms in total. The molecular weight excluding hydrogens is 230 g/mol. The van der Waals surface area contributed by atoms with E-state index in [0.29, 0.717) is 5.82 Å². The molecule has 0 aromatic carbocycles. The average molecular weight is 245 g/mol. The molecule has 0 aliphatic heterocycles. The topological polar surface area (TPSA) is 75.6 Å². The summed E-state index contributed by atoms with van der Waals surface area (Å²) in [5.74, 6) is 0.367. The number of anilines is 1. The maximum atomic E-state index is 11.6. The van der Waals surface area contributed by atoms with E-state index in [2.05, 4.69) is 20.6 Å². The van der Waals surface area contributed by atoms with Crippen LogP contribution in [0.4, 0.5) is 5.82 Å². The third-order valence-electron chi connectivity index (χ3n) is 2.72. The van der Waals surface area contributed by atoms with E-state index < -0.39 is 0 Å². The predicted octanol–water partition coefficient (Wildman–Crippen LogP) is 1.41. The van der Waals surface area contributed by atoms with Gasteiger partial charge < -0.3 is 5.32 Å². The summed E-state index contributed by atoms with van der Waals surface area (Å²) < 4.78 is 1.79. The second-order valence-corrected chi connectivity index (χ2v) is 4.00. The van der Waals surface area contributed by atoms with E-state index in [4.69, 9.17) is 0 Å². The zero-order chi connectivity index (χ0) is 13.1. The lowest BCUT2D eigenvalue weighted by Crippen LogP contribution is -2.07. The summed E-state index contributed by atoms with van der Waals surface area (Å²) >= 11 is 0.